The SMILES string of the molecule is CC(C)(O)C(C)(C)OBc1cccc2oc3cc4sc(-c5ccc(-c6ccccc6)cc5)nc4cc3c12. The highest BCUT2D eigenvalue weighted by Gasteiger charge is 2.35. The fourth-order valence-corrected chi connectivity index (χ4v) is 5.42. The first-order chi connectivity index (χ1) is 17.7. The maximum atomic E-state index is 10.5. The lowest BCUT2D eigenvalue weighted by Gasteiger charge is -2.37. The van der Waals surface area contributed by atoms with Crippen LogP contribution in [0.5, 0.6) is 0 Å². The van der Waals surface area contributed by atoms with Gasteiger partial charge in [-0.25, -0.2) is 4.98 Å². The molecule has 4 aromatic carbocycles. The molecule has 2 aromatic heterocycles. The number of nitrogens with zero attached hydrogens (tertiary/aromatic N) is 1. The maximum absolute atomic E-state index is 10.5. The highest BCUT2D eigenvalue weighted by Crippen LogP contribution is 2.37. The first kappa shape index (κ1) is 23.9. The smallest absolute Gasteiger partial charge is 0.310 e. The van der Waals surface area contributed by atoms with Crippen molar-refractivity contribution in [1.82, 2.24) is 4.98 Å². The molecule has 0 saturated heterocycles. The van der Waals surface area contributed by atoms with Crippen LogP contribution >= 0.6 is 11.3 Å². The second-order valence-corrected chi connectivity index (χ2v) is 11.6. The molecule has 0 radical (unpaired) electrons. The molecule has 1 N–H and O–H groups in total. The van der Waals surface area contributed by atoms with Gasteiger partial charge in [-0.3, -0.25) is 0 Å². The summed E-state index contributed by atoms with van der Waals surface area (Å²) in [4.78, 5) is 4.98. The van der Waals surface area contributed by atoms with E-state index in [0.717, 1.165) is 48.2 Å². The zero-order chi connectivity index (χ0) is 25.8. The number of aromatic nitrogens is 1. The Hall–Kier alpha value is -3.45. The minimum atomic E-state index is -0.970. The van der Waals surface area contributed by atoms with Gasteiger partial charge in [-0.1, -0.05) is 66.7 Å². The highest BCUT2D eigenvalue weighted by molar-refractivity contribution is 7.21. The standard InChI is InChI=1S/C31H28BNO3S/c1-30(2,34)31(3,4)36-32-23-11-8-12-25-28(23)22-17-24-27(18-26(22)35-25)37-29(33-24)21-15-13-20(14-16-21)19-9-6-5-7-10-19/h5-18,32,34H,1-4H3. The monoisotopic (exact) mass is 505 g/mol. The van der Waals surface area contributed by atoms with Crippen LogP contribution in [0.3, 0.4) is 0 Å². The number of furan rings is 1. The minimum absolute atomic E-state index is 0.372. The third-order valence-corrected chi connectivity index (χ3v) is 8.46. The predicted octanol–water partition coefficient (Wildman–Crippen LogP) is 7.07. The third-order valence-electron chi connectivity index (χ3n) is 7.39. The largest absolute Gasteiger partial charge is 0.456 e. The fraction of sp³-hybridized carbons (Fsp3) is 0.194. The van der Waals surface area contributed by atoms with Gasteiger partial charge in [-0.15, -0.1) is 11.3 Å². The van der Waals surface area contributed by atoms with Gasteiger partial charge in [-0.05, 0) is 56.4 Å². The molecule has 0 unspecified atom stereocenters. The number of rotatable bonds is 6. The summed E-state index contributed by atoms with van der Waals surface area (Å²) in [6.45, 7) is 7.36. The van der Waals surface area contributed by atoms with Gasteiger partial charge in [0.15, 0.2) is 0 Å². The van der Waals surface area contributed by atoms with Gasteiger partial charge in [0.25, 0.3) is 0 Å². The van der Waals surface area contributed by atoms with Crippen LogP contribution in [0.2, 0.25) is 0 Å². The first-order valence-electron chi connectivity index (χ1n) is 12.5. The van der Waals surface area contributed by atoms with Crippen LogP contribution in [0.1, 0.15) is 27.7 Å². The summed E-state index contributed by atoms with van der Waals surface area (Å²) in [5.74, 6) is 0. The van der Waals surface area contributed by atoms with Gasteiger partial charge < -0.3 is 14.2 Å². The molecule has 0 aliphatic carbocycles. The topological polar surface area (TPSA) is 55.5 Å². The fourth-order valence-electron chi connectivity index (χ4n) is 4.44. The Kier molecular flexibility index (Phi) is 5.72. The molecule has 0 atom stereocenters. The molecule has 0 saturated carbocycles. The van der Waals surface area contributed by atoms with Crippen molar-refractivity contribution >= 4 is 56.4 Å². The van der Waals surface area contributed by atoms with Crippen LogP contribution in [0.4, 0.5) is 0 Å². The van der Waals surface area contributed by atoms with E-state index >= 15 is 0 Å². The van der Waals surface area contributed by atoms with Crippen molar-refractivity contribution in [3.05, 3.63) is 84.9 Å². The molecule has 37 heavy (non-hydrogen) atoms. The van der Waals surface area contributed by atoms with Gasteiger partial charge in [0.05, 0.1) is 21.4 Å². The molecule has 2 heterocycles. The van der Waals surface area contributed by atoms with Crippen molar-refractivity contribution in [1.29, 1.82) is 0 Å². The molecular formula is C31H28BNO3S. The maximum Gasteiger partial charge on any atom is 0.310 e. The molecule has 0 spiro atoms. The number of hydrogen-bond acceptors (Lipinski definition) is 5. The summed E-state index contributed by atoms with van der Waals surface area (Å²) in [6.07, 6.45) is 0. The molecule has 0 aliphatic rings. The van der Waals surface area contributed by atoms with E-state index in [0.29, 0.717) is 7.48 Å². The summed E-state index contributed by atoms with van der Waals surface area (Å²) in [5, 5.41) is 13.6. The predicted molar refractivity (Wildman–Crippen MR) is 156 cm³/mol. The van der Waals surface area contributed by atoms with Crippen molar-refractivity contribution in [2.45, 2.75) is 38.9 Å². The summed E-state index contributed by atoms with van der Waals surface area (Å²) >= 11 is 1.67. The highest BCUT2D eigenvalue weighted by atomic mass is 32.1. The number of aliphatic hydroxyl groups is 1. The van der Waals surface area contributed by atoms with E-state index in [1.54, 1.807) is 25.2 Å². The molecule has 6 aromatic rings. The van der Waals surface area contributed by atoms with E-state index in [-0.39, 0.29) is 0 Å². The average Bonchev–Trinajstić information content (AvgIpc) is 3.46. The third kappa shape index (κ3) is 4.35. The summed E-state index contributed by atoms with van der Waals surface area (Å²) < 4.78 is 13.5. The Morgan fingerprint density at radius 2 is 1.51 bits per heavy atom. The quantitative estimate of drug-likeness (QED) is 0.246. The number of benzene rings is 4. The number of thiazole rings is 1. The minimum Gasteiger partial charge on any atom is -0.456 e. The van der Waals surface area contributed by atoms with Crippen LogP contribution in [-0.2, 0) is 4.65 Å². The van der Waals surface area contributed by atoms with Crippen molar-refractivity contribution in [3.63, 3.8) is 0 Å². The number of hydrogen-bond donors (Lipinski definition) is 1. The van der Waals surface area contributed by atoms with Gasteiger partial charge in [-0.2, -0.15) is 0 Å². The van der Waals surface area contributed by atoms with E-state index in [1.165, 1.54) is 11.1 Å². The normalized spacial score (nSPS) is 12.6. The van der Waals surface area contributed by atoms with Crippen molar-refractivity contribution in [2.75, 3.05) is 0 Å². The van der Waals surface area contributed by atoms with Crippen LogP contribution < -0.4 is 5.46 Å². The lowest BCUT2D eigenvalue weighted by molar-refractivity contribution is -0.0893. The van der Waals surface area contributed by atoms with Crippen molar-refractivity contribution in [3.8, 4) is 21.7 Å². The average molecular weight is 505 g/mol. The lowest BCUT2D eigenvalue weighted by Crippen LogP contribution is -2.49. The second-order valence-electron chi connectivity index (χ2n) is 10.5. The zero-order valence-corrected chi connectivity index (χ0v) is 22.2. The van der Waals surface area contributed by atoms with Crippen molar-refractivity contribution < 1.29 is 14.2 Å². The molecule has 0 amide bonds. The number of fused-ring (bicyclic) bond motifs is 4. The zero-order valence-electron chi connectivity index (χ0n) is 21.4. The van der Waals surface area contributed by atoms with E-state index in [9.17, 15) is 5.11 Å². The summed E-state index contributed by atoms with van der Waals surface area (Å²) in [5.41, 5.74) is 5.47. The van der Waals surface area contributed by atoms with E-state index < -0.39 is 11.2 Å². The van der Waals surface area contributed by atoms with Crippen LogP contribution in [-0.4, -0.2) is 28.8 Å². The molecule has 0 bridgehead atoms. The molecule has 0 fully saturated rings. The first-order valence-corrected chi connectivity index (χ1v) is 13.3. The van der Waals surface area contributed by atoms with Crippen LogP contribution in [0.15, 0.2) is 89.3 Å². The van der Waals surface area contributed by atoms with Crippen LogP contribution in [0.25, 0.3) is 53.9 Å². The Balaban J connectivity index is 1.37. The molecule has 6 heteroatoms. The Bertz CT molecular complexity index is 1730. The Morgan fingerprint density at radius 3 is 2.24 bits per heavy atom. The van der Waals surface area contributed by atoms with E-state index in [4.69, 9.17) is 14.1 Å². The molecule has 184 valence electrons. The second kappa shape index (κ2) is 8.84. The summed E-state index contributed by atoms with van der Waals surface area (Å²) in [6, 6.07) is 29.2. The molecule has 0 aliphatic heterocycles. The molecule has 6 rings (SSSR count). The summed E-state index contributed by atoms with van der Waals surface area (Å²) in [7, 11) is 0.372. The lowest BCUT2D eigenvalue weighted by atomic mass is 9.80. The van der Waals surface area contributed by atoms with Gasteiger partial charge in [0.2, 0.25) is 0 Å². The van der Waals surface area contributed by atoms with E-state index in [1.807, 2.05) is 32.0 Å². The Labute approximate surface area is 220 Å². The van der Waals surface area contributed by atoms with Gasteiger partial charge in [0.1, 0.15) is 16.2 Å². The molecule has 4 nitrogen and oxygen atoms in total. The molecular weight excluding hydrogens is 477 g/mol. The van der Waals surface area contributed by atoms with Gasteiger partial charge in [0, 0.05) is 22.4 Å². The van der Waals surface area contributed by atoms with Gasteiger partial charge >= 0.3 is 7.48 Å². The van der Waals surface area contributed by atoms with Crippen LogP contribution in [0, 0.1) is 0 Å². The van der Waals surface area contributed by atoms with Crippen molar-refractivity contribution in [2.24, 2.45) is 0 Å². The Morgan fingerprint density at radius 1 is 0.811 bits per heavy atom. The van der Waals surface area contributed by atoms with E-state index in [2.05, 4.69) is 66.7 Å².